The number of nitrogens with zero attached hydrogens (tertiary/aromatic N) is 2. The second-order valence-electron chi connectivity index (χ2n) is 3.71. The van der Waals surface area contributed by atoms with Crippen LogP contribution in [0.15, 0.2) is 41.4 Å². The van der Waals surface area contributed by atoms with Crippen LogP contribution in [0, 0.1) is 11.3 Å². The standard InChI is InChI=1S/C14H7Cl3N2/c15-11-5-13(17)14(6-12(11)16)19-8-10-3-1-9(7-18)2-4-10/h1-6,8H. The van der Waals surface area contributed by atoms with E-state index in [1.54, 1.807) is 42.6 Å². The van der Waals surface area contributed by atoms with E-state index in [1.807, 2.05) is 0 Å². The molecule has 2 aromatic rings. The maximum absolute atomic E-state index is 8.70. The molecule has 5 heteroatoms. The number of benzene rings is 2. The van der Waals surface area contributed by atoms with Crippen molar-refractivity contribution < 1.29 is 0 Å². The molecule has 94 valence electrons. The Kier molecular flexibility index (Phi) is 4.44. The molecule has 2 rings (SSSR count). The largest absolute Gasteiger partial charge is 0.255 e. The maximum atomic E-state index is 8.70. The third-order valence-electron chi connectivity index (χ3n) is 2.38. The Bertz CT molecular complexity index is 670. The van der Waals surface area contributed by atoms with E-state index in [-0.39, 0.29) is 0 Å². The molecule has 0 N–H and O–H groups in total. The molecule has 0 aliphatic heterocycles. The topological polar surface area (TPSA) is 36.1 Å². The van der Waals surface area contributed by atoms with E-state index in [2.05, 4.69) is 11.1 Å². The Morgan fingerprint density at radius 2 is 1.58 bits per heavy atom. The second kappa shape index (κ2) is 6.08. The molecule has 0 fully saturated rings. The SMILES string of the molecule is N#Cc1ccc(C=Nc2cc(Cl)c(Cl)cc2Cl)cc1. The molecule has 0 atom stereocenters. The molecule has 19 heavy (non-hydrogen) atoms. The summed E-state index contributed by atoms with van der Waals surface area (Å²) in [7, 11) is 0. The van der Waals surface area contributed by atoms with Crippen molar-refractivity contribution in [3.8, 4) is 6.07 Å². The van der Waals surface area contributed by atoms with E-state index < -0.39 is 0 Å². The Morgan fingerprint density at radius 3 is 2.21 bits per heavy atom. The summed E-state index contributed by atoms with van der Waals surface area (Å²) in [5.74, 6) is 0. The summed E-state index contributed by atoms with van der Waals surface area (Å²) in [6.07, 6.45) is 1.65. The van der Waals surface area contributed by atoms with Crippen LogP contribution in [0.25, 0.3) is 0 Å². The zero-order valence-corrected chi connectivity index (χ0v) is 11.8. The molecule has 2 aromatic carbocycles. The molecule has 0 saturated carbocycles. The average Bonchev–Trinajstić information content (AvgIpc) is 2.42. The highest BCUT2D eigenvalue weighted by atomic mass is 35.5. The van der Waals surface area contributed by atoms with Gasteiger partial charge in [-0.25, -0.2) is 0 Å². The van der Waals surface area contributed by atoms with Crippen LogP contribution in [0.2, 0.25) is 15.1 Å². The summed E-state index contributed by atoms with van der Waals surface area (Å²) in [5, 5.41) is 9.92. The van der Waals surface area contributed by atoms with Crippen molar-refractivity contribution in [3.63, 3.8) is 0 Å². The predicted molar refractivity (Wildman–Crippen MR) is 79.9 cm³/mol. The lowest BCUT2D eigenvalue weighted by molar-refractivity contribution is 1.48. The van der Waals surface area contributed by atoms with Crippen molar-refractivity contribution in [2.45, 2.75) is 0 Å². The molecule has 0 aromatic heterocycles. The van der Waals surface area contributed by atoms with Gasteiger partial charge in [0.05, 0.1) is 32.4 Å². The summed E-state index contributed by atoms with van der Waals surface area (Å²) >= 11 is 17.8. The maximum Gasteiger partial charge on any atom is 0.0991 e. The molecule has 0 spiro atoms. The lowest BCUT2D eigenvalue weighted by atomic mass is 10.2. The highest BCUT2D eigenvalue weighted by Gasteiger charge is 2.04. The fourth-order valence-corrected chi connectivity index (χ4v) is 1.99. The fourth-order valence-electron chi connectivity index (χ4n) is 1.40. The summed E-state index contributed by atoms with van der Waals surface area (Å²) in [6.45, 7) is 0. The first-order chi connectivity index (χ1) is 9.10. The van der Waals surface area contributed by atoms with Gasteiger partial charge < -0.3 is 0 Å². The first-order valence-corrected chi connectivity index (χ1v) is 6.42. The number of aliphatic imine (C=N–C) groups is 1. The molecule has 0 unspecified atom stereocenters. The van der Waals surface area contributed by atoms with Gasteiger partial charge in [-0.3, -0.25) is 4.99 Å². The lowest BCUT2D eigenvalue weighted by Crippen LogP contribution is -1.81. The van der Waals surface area contributed by atoms with Crippen LogP contribution in [0.3, 0.4) is 0 Å². The Morgan fingerprint density at radius 1 is 0.947 bits per heavy atom. The molecule has 0 radical (unpaired) electrons. The van der Waals surface area contributed by atoms with Gasteiger partial charge >= 0.3 is 0 Å². The smallest absolute Gasteiger partial charge is 0.0991 e. The molecule has 2 nitrogen and oxygen atoms in total. The molecule has 0 saturated heterocycles. The van der Waals surface area contributed by atoms with Gasteiger partial charge in [0.15, 0.2) is 0 Å². The summed E-state index contributed by atoms with van der Waals surface area (Å²) in [6, 6.07) is 12.2. The van der Waals surface area contributed by atoms with E-state index >= 15 is 0 Å². The molecule has 0 heterocycles. The molecule has 0 aliphatic carbocycles. The number of hydrogen-bond donors (Lipinski definition) is 0. The number of nitriles is 1. The van der Waals surface area contributed by atoms with Crippen molar-refractivity contribution in [1.82, 2.24) is 0 Å². The van der Waals surface area contributed by atoms with Crippen LogP contribution < -0.4 is 0 Å². The molecule has 0 bridgehead atoms. The van der Waals surface area contributed by atoms with E-state index in [9.17, 15) is 0 Å². The summed E-state index contributed by atoms with van der Waals surface area (Å²) in [4.78, 5) is 4.25. The van der Waals surface area contributed by atoms with Crippen molar-refractivity contribution in [2.24, 2.45) is 4.99 Å². The third kappa shape index (κ3) is 3.48. The van der Waals surface area contributed by atoms with Crippen LogP contribution in [0.4, 0.5) is 5.69 Å². The molecule has 0 amide bonds. The lowest BCUT2D eigenvalue weighted by Gasteiger charge is -2.01. The monoisotopic (exact) mass is 308 g/mol. The highest BCUT2D eigenvalue weighted by Crippen LogP contribution is 2.33. The molecular formula is C14H7Cl3N2. The van der Waals surface area contributed by atoms with Gasteiger partial charge in [-0.15, -0.1) is 0 Å². The van der Waals surface area contributed by atoms with Gasteiger partial charge in [0.1, 0.15) is 0 Å². The van der Waals surface area contributed by atoms with Crippen molar-refractivity contribution in [3.05, 3.63) is 62.6 Å². The van der Waals surface area contributed by atoms with Crippen LogP contribution >= 0.6 is 34.8 Å². The number of halogens is 3. The van der Waals surface area contributed by atoms with Crippen LogP contribution in [0.5, 0.6) is 0 Å². The normalized spacial score (nSPS) is 10.6. The minimum Gasteiger partial charge on any atom is -0.255 e. The van der Waals surface area contributed by atoms with E-state index in [4.69, 9.17) is 40.1 Å². The van der Waals surface area contributed by atoms with Gasteiger partial charge in [0.2, 0.25) is 0 Å². The van der Waals surface area contributed by atoms with E-state index in [1.165, 1.54) is 0 Å². The Labute approximate surface area is 125 Å². The van der Waals surface area contributed by atoms with Gasteiger partial charge in [0.25, 0.3) is 0 Å². The summed E-state index contributed by atoms with van der Waals surface area (Å²) < 4.78 is 0. The van der Waals surface area contributed by atoms with Crippen molar-refractivity contribution in [2.75, 3.05) is 0 Å². The zero-order valence-electron chi connectivity index (χ0n) is 9.57. The van der Waals surface area contributed by atoms with Crippen molar-refractivity contribution >= 4 is 46.7 Å². The number of hydrogen-bond acceptors (Lipinski definition) is 2. The highest BCUT2D eigenvalue weighted by molar-refractivity contribution is 6.43. The van der Waals surface area contributed by atoms with Crippen LogP contribution in [-0.4, -0.2) is 6.21 Å². The van der Waals surface area contributed by atoms with Crippen LogP contribution in [-0.2, 0) is 0 Å². The minimum atomic E-state index is 0.393. The average molecular weight is 310 g/mol. The fraction of sp³-hybridized carbons (Fsp3) is 0. The van der Waals surface area contributed by atoms with Gasteiger partial charge in [-0.1, -0.05) is 46.9 Å². The first kappa shape index (κ1) is 13.9. The Hall–Kier alpha value is -1.53. The first-order valence-electron chi connectivity index (χ1n) is 5.29. The number of rotatable bonds is 2. The molecule has 0 aliphatic rings. The van der Waals surface area contributed by atoms with Crippen LogP contribution in [0.1, 0.15) is 11.1 Å². The quantitative estimate of drug-likeness (QED) is 0.550. The van der Waals surface area contributed by atoms with E-state index in [0.29, 0.717) is 26.3 Å². The van der Waals surface area contributed by atoms with Gasteiger partial charge in [-0.2, -0.15) is 5.26 Å². The third-order valence-corrected chi connectivity index (χ3v) is 3.41. The second-order valence-corrected chi connectivity index (χ2v) is 4.93. The predicted octanol–water partition coefficient (Wildman–Crippen LogP) is 5.27. The Balaban J connectivity index is 2.27. The summed E-state index contributed by atoms with van der Waals surface area (Å²) in [5.41, 5.74) is 2.01. The van der Waals surface area contributed by atoms with E-state index in [0.717, 1.165) is 5.56 Å². The van der Waals surface area contributed by atoms with Gasteiger partial charge in [-0.05, 0) is 29.8 Å². The molecular weight excluding hydrogens is 303 g/mol. The van der Waals surface area contributed by atoms with Gasteiger partial charge in [0, 0.05) is 6.21 Å². The zero-order chi connectivity index (χ0) is 13.8. The van der Waals surface area contributed by atoms with Crippen molar-refractivity contribution in [1.29, 1.82) is 5.26 Å². The minimum absolute atomic E-state index is 0.393.